The fourth-order valence-electron chi connectivity index (χ4n) is 1.25. The van der Waals surface area contributed by atoms with Crippen LogP contribution in [-0.2, 0) is 11.2 Å². The van der Waals surface area contributed by atoms with E-state index in [2.05, 4.69) is 21.6 Å². The average molecular weight is 264 g/mol. The summed E-state index contributed by atoms with van der Waals surface area (Å²) in [6.45, 7) is 3.51. The van der Waals surface area contributed by atoms with Crippen LogP contribution in [0.3, 0.4) is 0 Å². The number of nitrogens with zero attached hydrogens (tertiary/aromatic N) is 2. The summed E-state index contributed by atoms with van der Waals surface area (Å²) in [4.78, 5) is 4.36. The Morgan fingerprint density at radius 2 is 2.38 bits per heavy atom. The molecule has 0 aliphatic carbocycles. The Morgan fingerprint density at radius 1 is 1.56 bits per heavy atom. The Kier molecular flexibility index (Phi) is 6.68. The highest BCUT2D eigenvalue weighted by molar-refractivity contribution is 7.09. The third-order valence-corrected chi connectivity index (χ3v) is 3.08. The second-order valence-corrected chi connectivity index (χ2v) is 4.90. The van der Waals surface area contributed by atoms with E-state index in [1.165, 1.54) is 11.5 Å². The van der Waals surface area contributed by atoms with Gasteiger partial charge in [-0.2, -0.15) is 4.37 Å². The lowest BCUT2D eigenvalue weighted by atomic mass is 10.3. The van der Waals surface area contributed by atoms with Crippen molar-refractivity contribution in [2.45, 2.75) is 31.6 Å². The van der Waals surface area contributed by atoms with Crippen molar-refractivity contribution in [3.05, 3.63) is 5.82 Å². The fourth-order valence-corrected chi connectivity index (χ4v) is 2.12. The number of aryl methyl sites for hydroxylation is 1. The second kappa shape index (κ2) is 7.81. The van der Waals surface area contributed by atoms with Crippen LogP contribution >= 0.6 is 23.1 Å². The smallest absolute Gasteiger partial charge is 0.202 e. The van der Waals surface area contributed by atoms with Gasteiger partial charge in [-0.25, -0.2) is 4.98 Å². The molecule has 16 heavy (non-hydrogen) atoms. The molecule has 0 aliphatic heterocycles. The molecule has 1 unspecified atom stereocenters. The van der Waals surface area contributed by atoms with Gasteiger partial charge in [0.25, 0.3) is 0 Å². The van der Waals surface area contributed by atoms with Gasteiger partial charge in [0.05, 0.1) is 12.0 Å². The van der Waals surface area contributed by atoms with Crippen LogP contribution in [0.25, 0.3) is 0 Å². The van der Waals surface area contributed by atoms with Crippen LogP contribution in [0.4, 0.5) is 5.13 Å². The molecule has 0 aromatic carbocycles. The van der Waals surface area contributed by atoms with E-state index in [-0.39, 0.29) is 5.38 Å². The van der Waals surface area contributed by atoms with Crippen molar-refractivity contribution in [3.8, 4) is 0 Å². The summed E-state index contributed by atoms with van der Waals surface area (Å²) in [7, 11) is 1.66. The highest BCUT2D eigenvalue weighted by Gasteiger charge is 2.05. The molecule has 0 aliphatic rings. The number of aromatic nitrogens is 2. The van der Waals surface area contributed by atoms with Crippen LogP contribution in [0.2, 0.25) is 0 Å². The predicted molar refractivity (Wildman–Crippen MR) is 68.5 cm³/mol. The van der Waals surface area contributed by atoms with Gasteiger partial charge in [-0.3, -0.25) is 0 Å². The molecule has 1 aromatic rings. The molecular formula is C10H18ClN3OS. The van der Waals surface area contributed by atoms with Gasteiger partial charge in [0.2, 0.25) is 5.13 Å². The van der Waals surface area contributed by atoms with Gasteiger partial charge in [-0.15, -0.1) is 11.6 Å². The molecule has 0 spiro atoms. The summed E-state index contributed by atoms with van der Waals surface area (Å²) in [5.74, 6) is 0.925. The van der Waals surface area contributed by atoms with Crippen molar-refractivity contribution in [1.82, 2.24) is 9.36 Å². The topological polar surface area (TPSA) is 47.0 Å². The van der Waals surface area contributed by atoms with Gasteiger partial charge in [0.1, 0.15) is 5.82 Å². The lowest BCUT2D eigenvalue weighted by Gasteiger charge is -2.07. The van der Waals surface area contributed by atoms with Gasteiger partial charge in [0, 0.05) is 31.6 Å². The fraction of sp³-hybridized carbons (Fsp3) is 0.800. The first-order valence-corrected chi connectivity index (χ1v) is 6.66. The van der Waals surface area contributed by atoms with E-state index >= 15 is 0 Å². The number of hydrogen-bond donors (Lipinski definition) is 1. The van der Waals surface area contributed by atoms with Crippen LogP contribution in [-0.4, -0.2) is 35.0 Å². The Morgan fingerprint density at radius 3 is 3.06 bits per heavy atom. The summed E-state index contributed by atoms with van der Waals surface area (Å²) in [6, 6.07) is 0. The van der Waals surface area contributed by atoms with Crippen molar-refractivity contribution in [2.24, 2.45) is 0 Å². The molecule has 1 rings (SSSR count). The van der Waals surface area contributed by atoms with Gasteiger partial charge in [-0.1, -0.05) is 6.92 Å². The summed E-state index contributed by atoms with van der Waals surface area (Å²) in [6.07, 6.45) is 2.88. The number of ether oxygens (including phenoxy) is 1. The van der Waals surface area contributed by atoms with Crippen LogP contribution in [0, 0.1) is 0 Å². The molecule has 0 fully saturated rings. The molecule has 1 N–H and O–H groups in total. The van der Waals surface area contributed by atoms with Crippen LogP contribution in [0.15, 0.2) is 0 Å². The molecule has 1 heterocycles. The van der Waals surface area contributed by atoms with Gasteiger partial charge < -0.3 is 10.1 Å². The van der Waals surface area contributed by atoms with E-state index in [4.69, 9.17) is 16.3 Å². The van der Waals surface area contributed by atoms with Crippen molar-refractivity contribution in [2.75, 3.05) is 25.6 Å². The zero-order valence-electron chi connectivity index (χ0n) is 9.70. The highest BCUT2D eigenvalue weighted by atomic mass is 35.5. The maximum Gasteiger partial charge on any atom is 0.202 e. The van der Waals surface area contributed by atoms with Crippen molar-refractivity contribution in [3.63, 3.8) is 0 Å². The van der Waals surface area contributed by atoms with Crippen molar-refractivity contribution >= 4 is 28.3 Å². The molecule has 92 valence electrons. The van der Waals surface area contributed by atoms with E-state index < -0.39 is 0 Å². The van der Waals surface area contributed by atoms with E-state index in [1.54, 1.807) is 7.11 Å². The number of methoxy groups -OCH3 is 1. The van der Waals surface area contributed by atoms with Crippen LogP contribution < -0.4 is 5.32 Å². The SMILES string of the molecule is CCCc1nsc(NCCC(Cl)COC)n1. The number of anilines is 1. The summed E-state index contributed by atoms with van der Waals surface area (Å²) in [5.41, 5.74) is 0. The molecule has 0 bridgehead atoms. The third-order valence-electron chi connectivity index (χ3n) is 2.02. The Hall–Kier alpha value is -0.390. The maximum absolute atomic E-state index is 6.00. The van der Waals surface area contributed by atoms with Gasteiger partial charge >= 0.3 is 0 Å². The van der Waals surface area contributed by atoms with Crippen molar-refractivity contribution < 1.29 is 4.74 Å². The van der Waals surface area contributed by atoms with Gasteiger partial charge in [-0.05, 0) is 12.8 Å². The van der Waals surface area contributed by atoms with E-state index in [9.17, 15) is 0 Å². The molecular weight excluding hydrogens is 246 g/mol. The summed E-state index contributed by atoms with van der Waals surface area (Å²) in [5, 5.41) is 4.15. The van der Waals surface area contributed by atoms with Crippen molar-refractivity contribution in [1.29, 1.82) is 0 Å². The van der Waals surface area contributed by atoms with E-state index in [0.717, 1.165) is 36.8 Å². The lowest BCUT2D eigenvalue weighted by molar-refractivity contribution is 0.196. The molecule has 0 saturated heterocycles. The average Bonchev–Trinajstić information content (AvgIpc) is 2.67. The summed E-state index contributed by atoms with van der Waals surface area (Å²) < 4.78 is 9.21. The molecule has 1 aromatic heterocycles. The quantitative estimate of drug-likeness (QED) is 0.733. The summed E-state index contributed by atoms with van der Waals surface area (Å²) >= 11 is 7.41. The number of halogens is 1. The minimum Gasteiger partial charge on any atom is -0.383 e. The molecule has 0 saturated carbocycles. The van der Waals surface area contributed by atoms with Crippen LogP contribution in [0.5, 0.6) is 0 Å². The zero-order valence-corrected chi connectivity index (χ0v) is 11.3. The minimum atomic E-state index is 0.0560. The van der Waals surface area contributed by atoms with Crippen LogP contribution in [0.1, 0.15) is 25.6 Å². The Bertz CT molecular complexity index is 295. The normalized spacial score (nSPS) is 12.7. The highest BCUT2D eigenvalue weighted by Crippen LogP contribution is 2.12. The number of rotatable bonds is 8. The zero-order chi connectivity index (χ0) is 11.8. The van der Waals surface area contributed by atoms with Gasteiger partial charge in [0.15, 0.2) is 0 Å². The lowest BCUT2D eigenvalue weighted by Crippen LogP contribution is -2.13. The Balaban J connectivity index is 2.21. The molecule has 0 amide bonds. The molecule has 4 nitrogen and oxygen atoms in total. The first-order valence-electron chi connectivity index (χ1n) is 5.45. The standard InChI is InChI=1S/C10H18ClN3OS/c1-3-4-9-13-10(16-14-9)12-6-5-8(11)7-15-2/h8H,3-7H2,1-2H3,(H,12,13,14). The first-order chi connectivity index (χ1) is 7.76. The number of hydrogen-bond acceptors (Lipinski definition) is 5. The van der Waals surface area contributed by atoms with E-state index in [1.807, 2.05) is 0 Å². The first kappa shape index (κ1) is 13.7. The minimum absolute atomic E-state index is 0.0560. The number of alkyl halides is 1. The number of nitrogens with one attached hydrogen (secondary N) is 1. The largest absolute Gasteiger partial charge is 0.383 e. The molecule has 6 heteroatoms. The molecule has 0 radical (unpaired) electrons. The predicted octanol–water partition coefficient (Wildman–Crippen LogP) is 2.55. The maximum atomic E-state index is 6.00. The molecule has 1 atom stereocenters. The Labute approximate surface area is 106 Å². The van der Waals surface area contributed by atoms with E-state index in [0.29, 0.717) is 6.61 Å². The third kappa shape index (κ3) is 5.09. The monoisotopic (exact) mass is 263 g/mol. The second-order valence-electron chi connectivity index (χ2n) is 3.53.